The normalized spacial score (nSPS) is 49.0. The van der Waals surface area contributed by atoms with Gasteiger partial charge in [0.1, 0.15) is 122 Å². The van der Waals surface area contributed by atoms with E-state index in [1.54, 1.807) is 0 Å². The van der Waals surface area contributed by atoms with Crippen molar-refractivity contribution in [2.45, 2.75) is 167 Å². The summed E-state index contributed by atoms with van der Waals surface area (Å²) in [7, 11) is 0. The Bertz CT molecular complexity index is 1440. The molecule has 5 fully saturated rings. The monoisotopic (exact) mass is 910 g/mol. The molecule has 0 aromatic heterocycles. The second kappa shape index (κ2) is 22.0. The molecule has 28 heteroatoms. The number of aliphatic hydroxyl groups excluding tert-OH is 15. The maximum atomic E-state index is 12.4. The summed E-state index contributed by atoms with van der Waals surface area (Å²) >= 11 is 0. The van der Waals surface area contributed by atoms with Gasteiger partial charge in [0.15, 0.2) is 31.5 Å². The first-order valence-corrected chi connectivity index (χ1v) is 19.6. The minimum absolute atomic E-state index is 0.689. The van der Waals surface area contributed by atoms with Gasteiger partial charge in [0.25, 0.3) is 0 Å². The number of hydrogen-bond donors (Lipinski definition) is 17. The van der Waals surface area contributed by atoms with Gasteiger partial charge in [-0.2, -0.15) is 0 Å². The summed E-state index contributed by atoms with van der Waals surface area (Å²) in [4.78, 5) is 24.2. The number of carbonyl (C=O) groups is 2. The first-order valence-electron chi connectivity index (χ1n) is 19.6. The average Bonchev–Trinajstić information content (AvgIpc) is 3.23. The quantitative estimate of drug-likeness (QED) is 0.0725. The number of amides is 2. The zero-order valence-electron chi connectivity index (χ0n) is 33.2. The predicted octanol–water partition coefficient (Wildman–Crippen LogP) is -11.6. The summed E-state index contributed by atoms with van der Waals surface area (Å²) < 4.78 is 50.9. The summed E-state index contributed by atoms with van der Waals surface area (Å²) in [5.41, 5.74) is 0. The van der Waals surface area contributed by atoms with Crippen LogP contribution >= 0.6 is 0 Å². The van der Waals surface area contributed by atoms with Gasteiger partial charge in [0, 0.05) is 13.8 Å². The van der Waals surface area contributed by atoms with E-state index in [9.17, 15) is 86.2 Å². The average molecular weight is 911 g/mol. The molecule has 5 rings (SSSR count). The van der Waals surface area contributed by atoms with Gasteiger partial charge in [0.2, 0.25) is 11.8 Å². The molecule has 360 valence electrons. The van der Waals surface area contributed by atoms with Crippen molar-refractivity contribution < 1.29 is 129 Å². The lowest BCUT2D eigenvalue weighted by Crippen LogP contribution is -2.70. The lowest BCUT2D eigenvalue weighted by Gasteiger charge is -2.50. The van der Waals surface area contributed by atoms with E-state index in [0.717, 1.165) is 13.8 Å². The largest absolute Gasteiger partial charge is 0.394 e. The molecule has 25 atom stereocenters. The summed E-state index contributed by atoms with van der Waals surface area (Å²) in [6, 6.07) is -3.17. The lowest BCUT2D eigenvalue weighted by molar-refractivity contribution is -0.383. The highest BCUT2D eigenvalue weighted by molar-refractivity contribution is 5.73. The molecule has 0 bridgehead atoms. The van der Waals surface area contributed by atoms with E-state index in [1.807, 2.05) is 0 Å². The number of nitrogens with one attached hydrogen (secondary N) is 2. The molecule has 0 aromatic rings. The Morgan fingerprint density at radius 2 is 0.790 bits per heavy atom. The SMILES string of the molecule is CC(=O)N[C@@H]1[C@@H](O)[C@H](O[C@@H]2O[C@H](CO)[C@@H](O[C@@H]3O[C@H](CO[C@@H]4O[C@H](CO)[C@@H](O)[C@H](O)[C@@H]4O)[C@@H](O[C@H]4O[C@H](CO)[C@@H](O)[C@H](O)[C@@H]4O)[C@H](O)[C@@H]3O)[C@H](O)[C@H]2NC(C)=O)[C@@H](CO)O[C@H]1O. The maximum Gasteiger partial charge on any atom is 0.217 e. The summed E-state index contributed by atoms with van der Waals surface area (Å²) in [6.07, 6.45) is -42.1. The Balaban J connectivity index is 1.40. The first kappa shape index (κ1) is 51.0. The molecule has 0 saturated carbocycles. The molecular formula is C34H58N2O26. The lowest BCUT2D eigenvalue weighted by atomic mass is 9.94. The maximum absolute atomic E-state index is 12.4. The fourth-order valence-electron chi connectivity index (χ4n) is 7.74. The Hall–Kier alpha value is -2.02. The van der Waals surface area contributed by atoms with Crippen LogP contribution in [0.3, 0.4) is 0 Å². The zero-order chi connectivity index (χ0) is 45.9. The summed E-state index contributed by atoms with van der Waals surface area (Å²) in [5, 5.41) is 163. The smallest absolute Gasteiger partial charge is 0.217 e. The first-order chi connectivity index (χ1) is 29.3. The highest BCUT2D eigenvalue weighted by atomic mass is 16.8. The van der Waals surface area contributed by atoms with Crippen molar-refractivity contribution in [3.8, 4) is 0 Å². The number of aliphatic hydroxyl groups is 15. The van der Waals surface area contributed by atoms with Crippen LogP contribution in [0.15, 0.2) is 0 Å². The van der Waals surface area contributed by atoms with E-state index >= 15 is 0 Å². The van der Waals surface area contributed by atoms with Gasteiger partial charge in [-0.3, -0.25) is 9.59 Å². The van der Waals surface area contributed by atoms with Crippen molar-refractivity contribution in [3.63, 3.8) is 0 Å². The van der Waals surface area contributed by atoms with E-state index in [-0.39, 0.29) is 0 Å². The molecule has 0 unspecified atom stereocenters. The van der Waals surface area contributed by atoms with Gasteiger partial charge in [-0.05, 0) is 0 Å². The number of rotatable bonds is 15. The second-order valence-electron chi connectivity index (χ2n) is 15.5. The highest BCUT2D eigenvalue weighted by Crippen LogP contribution is 2.35. The van der Waals surface area contributed by atoms with E-state index in [1.165, 1.54) is 0 Å². The molecule has 5 aliphatic rings. The third kappa shape index (κ3) is 11.0. The third-order valence-electron chi connectivity index (χ3n) is 11.1. The molecule has 5 saturated heterocycles. The van der Waals surface area contributed by atoms with Gasteiger partial charge >= 0.3 is 0 Å². The molecule has 5 heterocycles. The van der Waals surface area contributed by atoms with Gasteiger partial charge in [-0.25, -0.2) is 0 Å². The van der Waals surface area contributed by atoms with Crippen LogP contribution in [0, 0.1) is 0 Å². The van der Waals surface area contributed by atoms with Crippen molar-refractivity contribution in [2.24, 2.45) is 0 Å². The molecule has 0 aliphatic carbocycles. The van der Waals surface area contributed by atoms with Gasteiger partial charge in [-0.1, -0.05) is 0 Å². The van der Waals surface area contributed by atoms with E-state index in [4.69, 9.17) is 42.6 Å². The van der Waals surface area contributed by atoms with Crippen LogP contribution in [0.5, 0.6) is 0 Å². The molecule has 5 aliphatic heterocycles. The Labute approximate surface area is 351 Å². The predicted molar refractivity (Wildman–Crippen MR) is 190 cm³/mol. The Kier molecular flexibility index (Phi) is 18.1. The van der Waals surface area contributed by atoms with Crippen LogP contribution in [0.1, 0.15) is 13.8 Å². The molecule has 17 N–H and O–H groups in total. The summed E-state index contributed by atoms with van der Waals surface area (Å²) in [6.45, 7) is -2.29. The molecule has 62 heavy (non-hydrogen) atoms. The highest BCUT2D eigenvalue weighted by Gasteiger charge is 2.56. The van der Waals surface area contributed by atoms with Crippen LogP contribution in [-0.4, -0.2) is 275 Å². The van der Waals surface area contributed by atoms with Crippen LogP contribution in [0.4, 0.5) is 0 Å². The van der Waals surface area contributed by atoms with Crippen LogP contribution in [0.2, 0.25) is 0 Å². The number of hydrogen-bond acceptors (Lipinski definition) is 26. The number of ether oxygens (including phenoxy) is 9. The third-order valence-corrected chi connectivity index (χ3v) is 11.1. The molecule has 2 amide bonds. The van der Waals surface area contributed by atoms with Crippen molar-refractivity contribution in [3.05, 3.63) is 0 Å². The van der Waals surface area contributed by atoms with Crippen molar-refractivity contribution in [2.75, 3.05) is 33.0 Å². The number of carbonyl (C=O) groups excluding carboxylic acids is 2. The Morgan fingerprint density at radius 3 is 1.29 bits per heavy atom. The van der Waals surface area contributed by atoms with Crippen LogP contribution in [0.25, 0.3) is 0 Å². The minimum Gasteiger partial charge on any atom is -0.394 e. The molecule has 0 radical (unpaired) electrons. The fourth-order valence-corrected chi connectivity index (χ4v) is 7.74. The Morgan fingerprint density at radius 1 is 0.419 bits per heavy atom. The molecule has 0 spiro atoms. The molecule has 0 aromatic carbocycles. The molecular weight excluding hydrogens is 852 g/mol. The van der Waals surface area contributed by atoms with Gasteiger partial charge < -0.3 is 130 Å². The minimum atomic E-state index is -2.19. The van der Waals surface area contributed by atoms with E-state index < -0.39 is 198 Å². The van der Waals surface area contributed by atoms with Crippen LogP contribution < -0.4 is 10.6 Å². The topological polar surface area (TPSA) is 445 Å². The summed E-state index contributed by atoms with van der Waals surface area (Å²) in [5.74, 6) is -1.48. The van der Waals surface area contributed by atoms with E-state index in [2.05, 4.69) is 10.6 Å². The van der Waals surface area contributed by atoms with Crippen LogP contribution in [-0.2, 0) is 52.2 Å². The van der Waals surface area contributed by atoms with Gasteiger partial charge in [0.05, 0.1) is 33.0 Å². The van der Waals surface area contributed by atoms with Gasteiger partial charge in [-0.15, -0.1) is 0 Å². The van der Waals surface area contributed by atoms with Crippen molar-refractivity contribution in [1.29, 1.82) is 0 Å². The zero-order valence-corrected chi connectivity index (χ0v) is 33.2. The fraction of sp³-hybridized carbons (Fsp3) is 0.941. The molecule has 28 nitrogen and oxygen atoms in total. The van der Waals surface area contributed by atoms with E-state index in [0.29, 0.717) is 0 Å². The second-order valence-corrected chi connectivity index (χ2v) is 15.5. The van der Waals surface area contributed by atoms with Crippen molar-refractivity contribution in [1.82, 2.24) is 10.6 Å². The standard InChI is InChI=1S/C34H58N2O26/c1-8(41)35-15-19(45)27(12(5-39)55-30(15)53)60-31-16(36-9(2)42)20(46)28(13(6-40)58-31)61-34-26(52)23(49)29(62-33-25(51)22(48)18(44)11(4-38)57-33)14(59-34)7-54-32-24(50)21(47)17(43)10(3-37)56-32/h10-34,37-40,43-53H,3-7H2,1-2H3,(H,35,41)(H,36,42)/t10-,11-,12-,13-,14-,15-,16-,17-,18-,19-,20-,21+,22+,23-,24+,25+,26+,27-,28-,29-,30-,31+,32-,33-,34+/m1/s1. The van der Waals surface area contributed by atoms with Crippen molar-refractivity contribution >= 4 is 11.8 Å².